The number of nitrogens with one attached hydrogen (secondary N) is 2. The molecule has 0 spiro atoms. The van der Waals surface area contributed by atoms with Gasteiger partial charge in [0.15, 0.2) is 0 Å². The first-order valence-electron chi connectivity index (χ1n) is 6.12. The Hall–Kier alpha value is -0.910. The van der Waals surface area contributed by atoms with Crippen molar-refractivity contribution in [2.45, 2.75) is 12.6 Å². The first-order valence-corrected chi connectivity index (χ1v) is 7.66. The largest absolute Gasteiger partial charge is 0.496 e. The minimum Gasteiger partial charge on any atom is -0.496 e. The van der Waals surface area contributed by atoms with E-state index in [-0.39, 0.29) is 11.9 Å². The van der Waals surface area contributed by atoms with Gasteiger partial charge in [0.1, 0.15) is 5.75 Å². The van der Waals surface area contributed by atoms with E-state index in [0.29, 0.717) is 17.3 Å². The van der Waals surface area contributed by atoms with Crippen LogP contribution in [0.1, 0.15) is 5.56 Å². The first kappa shape index (κ1) is 14.5. The molecule has 4 nitrogen and oxygen atoms in total. The summed E-state index contributed by atoms with van der Waals surface area (Å²) in [5.41, 5.74) is 0.809. The Kier molecular flexibility index (Phi) is 5.36. The summed E-state index contributed by atoms with van der Waals surface area (Å²) in [6.07, 6.45) is 0. The fraction of sp³-hybridized carbons (Fsp3) is 0.462. The van der Waals surface area contributed by atoms with Crippen LogP contribution in [0.3, 0.4) is 0 Å². The van der Waals surface area contributed by atoms with Gasteiger partial charge in [0.05, 0.1) is 13.2 Å². The fourth-order valence-corrected chi connectivity index (χ4v) is 3.10. The van der Waals surface area contributed by atoms with Crippen LogP contribution in [0.2, 0.25) is 5.02 Å². The third-order valence-electron chi connectivity index (χ3n) is 2.97. The maximum absolute atomic E-state index is 12.0. The van der Waals surface area contributed by atoms with Crippen molar-refractivity contribution < 1.29 is 9.53 Å². The molecule has 1 aliphatic rings. The van der Waals surface area contributed by atoms with Crippen LogP contribution in [-0.4, -0.2) is 37.1 Å². The predicted octanol–water partition coefficient (Wildman–Crippen LogP) is 1.67. The summed E-state index contributed by atoms with van der Waals surface area (Å²) < 4.78 is 5.25. The molecular weight excluding hydrogens is 284 g/mol. The molecule has 1 aromatic carbocycles. The second-order valence-electron chi connectivity index (χ2n) is 4.22. The van der Waals surface area contributed by atoms with Gasteiger partial charge >= 0.3 is 0 Å². The van der Waals surface area contributed by atoms with Gasteiger partial charge in [-0.1, -0.05) is 17.7 Å². The van der Waals surface area contributed by atoms with E-state index in [1.54, 1.807) is 24.9 Å². The van der Waals surface area contributed by atoms with Gasteiger partial charge in [0.25, 0.3) is 0 Å². The Balaban J connectivity index is 1.96. The van der Waals surface area contributed by atoms with Gasteiger partial charge in [-0.05, 0) is 12.1 Å². The van der Waals surface area contributed by atoms with Crippen LogP contribution < -0.4 is 15.4 Å². The maximum atomic E-state index is 12.0. The van der Waals surface area contributed by atoms with Crippen molar-refractivity contribution in [3.63, 3.8) is 0 Å². The molecule has 104 valence electrons. The number of carbonyl (C=O) groups is 1. The van der Waals surface area contributed by atoms with E-state index in [1.165, 1.54) is 0 Å². The van der Waals surface area contributed by atoms with Gasteiger partial charge in [-0.3, -0.25) is 4.79 Å². The van der Waals surface area contributed by atoms with Gasteiger partial charge in [0.2, 0.25) is 5.91 Å². The molecule has 0 radical (unpaired) electrons. The van der Waals surface area contributed by atoms with E-state index in [9.17, 15) is 4.79 Å². The van der Waals surface area contributed by atoms with E-state index in [4.69, 9.17) is 16.3 Å². The smallest absolute Gasteiger partial charge is 0.238 e. The van der Waals surface area contributed by atoms with Crippen LogP contribution in [0, 0.1) is 0 Å². The lowest BCUT2D eigenvalue weighted by molar-refractivity contribution is -0.122. The Morgan fingerprint density at radius 2 is 2.47 bits per heavy atom. The molecule has 1 atom stereocenters. The molecule has 6 heteroatoms. The molecule has 1 saturated heterocycles. The number of rotatable bonds is 4. The third kappa shape index (κ3) is 3.78. The summed E-state index contributed by atoms with van der Waals surface area (Å²) in [6.45, 7) is 1.25. The molecule has 1 unspecified atom stereocenters. The predicted molar refractivity (Wildman–Crippen MR) is 79.0 cm³/mol. The van der Waals surface area contributed by atoms with Crippen molar-refractivity contribution in [2.75, 3.05) is 25.2 Å². The van der Waals surface area contributed by atoms with E-state index in [2.05, 4.69) is 10.6 Å². The molecule has 0 aromatic heterocycles. The topological polar surface area (TPSA) is 50.4 Å². The maximum Gasteiger partial charge on any atom is 0.238 e. The lowest BCUT2D eigenvalue weighted by atomic mass is 10.2. The van der Waals surface area contributed by atoms with Crippen molar-refractivity contribution in [1.82, 2.24) is 10.6 Å². The number of ether oxygens (including phenoxy) is 1. The quantitative estimate of drug-likeness (QED) is 0.888. The number of halogens is 1. The van der Waals surface area contributed by atoms with Crippen LogP contribution in [0.5, 0.6) is 5.75 Å². The van der Waals surface area contributed by atoms with Gasteiger partial charge in [0, 0.05) is 35.2 Å². The average molecular weight is 301 g/mol. The van der Waals surface area contributed by atoms with Crippen molar-refractivity contribution in [1.29, 1.82) is 0 Å². The highest BCUT2D eigenvalue weighted by Gasteiger charge is 2.21. The molecule has 0 bridgehead atoms. The number of methoxy groups -OCH3 is 1. The highest BCUT2D eigenvalue weighted by molar-refractivity contribution is 7.99. The molecular formula is C13H17ClN2O2S. The third-order valence-corrected chi connectivity index (χ3v) is 4.39. The van der Waals surface area contributed by atoms with Crippen LogP contribution in [-0.2, 0) is 11.3 Å². The molecule has 0 aliphatic carbocycles. The fourth-order valence-electron chi connectivity index (χ4n) is 1.93. The molecule has 2 N–H and O–H groups in total. The number of amides is 1. The van der Waals surface area contributed by atoms with Crippen LogP contribution in [0.15, 0.2) is 18.2 Å². The minimum absolute atomic E-state index is 0.00849. The number of carbonyl (C=O) groups excluding carboxylic acids is 1. The highest BCUT2D eigenvalue weighted by atomic mass is 35.5. The zero-order chi connectivity index (χ0) is 13.7. The van der Waals surface area contributed by atoms with E-state index < -0.39 is 0 Å². The van der Waals surface area contributed by atoms with Crippen molar-refractivity contribution in [2.24, 2.45) is 0 Å². The number of thioether (sulfide) groups is 1. The molecule has 0 saturated carbocycles. The van der Waals surface area contributed by atoms with E-state index in [1.807, 2.05) is 12.1 Å². The van der Waals surface area contributed by atoms with Crippen molar-refractivity contribution >= 4 is 29.3 Å². The number of benzene rings is 1. The van der Waals surface area contributed by atoms with Gasteiger partial charge < -0.3 is 15.4 Å². The average Bonchev–Trinajstić information content (AvgIpc) is 2.46. The standard InChI is InChI=1S/C13H17ClN2O2S/c1-18-12-4-2-3-10(14)9(12)7-16-13(17)11-8-19-6-5-15-11/h2-4,11,15H,5-8H2,1H3,(H,16,17). The minimum atomic E-state index is -0.118. The second-order valence-corrected chi connectivity index (χ2v) is 5.78. The summed E-state index contributed by atoms with van der Waals surface area (Å²) in [5.74, 6) is 2.57. The Morgan fingerprint density at radius 3 is 3.16 bits per heavy atom. The Morgan fingerprint density at radius 1 is 1.63 bits per heavy atom. The zero-order valence-electron chi connectivity index (χ0n) is 10.7. The van der Waals surface area contributed by atoms with Gasteiger partial charge in [-0.15, -0.1) is 0 Å². The summed E-state index contributed by atoms with van der Waals surface area (Å²) in [6, 6.07) is 5.33. The molecule has 2 rings (SSSR count). The molecule has 19 heavy (non-hydrogen) atoms. The summed E-state index contributed by atoms with van der Waals surface area (Å²) >= 11 is 7.92. The molecule has 1 aromatic rings. The van der Waals surface area contributed by atoms with Gasteiger partial charge in [-0.25, -0.2) is 0 Å². The van der Waals surface area contributed by atoms with Crippen LogP contribution in [0.25, 0.3) is 0 Å². The van der Waals surface area contributed by atoms with Crippen LogP contribution >= 0.6 is 23.4 Å². The molecule has 1 amide bonds. The molecule has 1 fully saturated rings. The number of hydrogen-bond donors (Lipinski definition) is 2. The van der Waals surface area contributed by atoms with Crippen molar-refractivity contribution in [3.8, 4) is 5.75 Å². The Bertz CT molecular complexity index is 450. The summed E-state index contributed by atoms with van der Waals surface area (Å²) in [5, 5.41) is 6.71. The summed E-state index contributed by atoms with van der Waals surface area (Å²) in [7, 11) is 1.59. The number of hydrogen-bond acceptors (Lipinski definition) is 4. The van der Waals surface area contributed by atoms with E-state index in [0.717, 1.165) is 23.6 Å². The van der Waals surface area contributed by atoms with Crippen LogP contribution in [0.4, 0.5) is 0 Å². The van der Waals surface area contributed by atoms with Crippen molar-refractivity contribution in [3.05, 3.63) is 28.8 Å². The first-order chi connectivity index (χ1) is 9.22. The highest BCUT2D eigenvalue weighted by Crippen LogP contribution is 2.25. The molecule has 1 heterocycles. The Labute approximate surface area is 122 Å². The zero-order valence-corrected chi connectivity index (χ0v) is 12.3. The normalized spacial score (nSPS) is 18.9. The lowest BCUT2D eigenvalue weighted by Gasteiger charge is -2.22. The lowest BCUT2D eigenvalue weighted by Crippen LogP contribution is -2.48. The summed E-state index contributed by atoms with van der Waals surface area (Å²) in [4.78, 5) is 12.0. The monoisotopic (exact) mass is 300 g/mol. The van der Waals surface area contributed by atoms with E-state index >= 15 is 0 Å². The molecule has 1 aliphatic heterocycles. The van der Waals surface area contributed by atoms with Gasteiger partial charge in [-0.2, -0.15) is 11.8 Å². The second kappa shape index (κ2) is 7.03. The SMILES string of the molecule is COc1cccc(Cl)c1CNC(=O)C1CSCCN1.